The van der Waals surface area contributed by atoms with Gasteiger partial charge in [0.2, 0.25) is 0 Å². The number of urea groups is 1. The molecular weight excluding hydrogens is 404 g/mol. The third-order valence-electron chi connectivity index (χ3n) is 5.14. The van der Waals surface area contributed by atoms with Crippen LogP contribution in [0.4, 0.5) is 4.79 Å². The molecule has 1 saturated heterocycles. The minimum atomic E-state index is -0.814. The number of fused-ring (bicyclic) bond motifs is 1. The molecule has 3 amide bonds. The highest BCUT2D eigenvalue weighted by atomic mass is 32.2. The molecular formula is C21H30N4O4S. The molecule has 2 heterocycles. The largest absolute Gasteiger partial charge is 0.491 e. The summed E-state index contributed by atoms with van der Waals surface area (Å²) in [5.74, 6) is 1.17. The minimum absolute atomic E-state index is 0.0999. The number of rotatable bonds is 10. The molecule has 164 valence electrons. The van der Waals surface area contributed by atoms with Crippen LogP contribution in [0.5, 0.6) is 5.75 Å². The van der Waals surface area contributed by atoms with E-state index in [9.17, 15) is 14.7 Å². The Morgan fingerprint density at radius 1 is 1.23 bits per heavy atom. The summed E-state index contributed by atoms with van der Waals surface area (Å²) < 4.78 is 5.65. The van der Waals surface area contributed by atoms with Gasteiger partial charge < -0.3 is 19.6 Å². The van der Waals surface area contributed by atoms with E-state index in [1.165, 1.54) is 17.7 Å². The summed E-state index contributed by atoms with van der Waals surface area (Å²) in [7, 11) is 1.63. The van der Waals surface area contributed by atoms with Gasteiger partial charge in [0.1, 0.15) is 18.5 Å². The van der Waals surface area contributed by atoms with E-state index in [0.717, 1.165) is 18.6 Å². The molecule has 8 nitrogen and oxygen atoms in total. The number of amides is 3. The van der Waals surface area contributed by atoms with Crippen LogP contribution in [-0.4, -0.2) is 76.3 Å². The first-order chi connectivity index (χ1) is 14.5. The Bertz CT molecular complexity index is 761. The third-order valence-corrected chi connectivity index (χ3v) is 6.24. The Morgan fingerprint density at radius 2 is 2.00 bits per heavy atom. The fraction of sp³-hybridized carbons (Fsp3) is 0.571. The number of nitrogens with one attached hydrogen (secondary N) is 1. The fourth-order valence-electron chi connectivity index (χ4n) is 3.49. The topological polar surface area (TPSA) is 94.5 Å². The number of thioether (sulfide) groups is 1. The first-order valence-electron chi connectivity index (χ1n) is 10.4. The summed E-state index contributed by atoms with van der Waals surface area (Å²) in [4.78, 5) is 32.5. The van der Waals surface area contributed by atoms with E-state index in [2.05, 4.69) is 17.2 Å². The van der Waals surface area contributed by atoms with Crippen LogP contribution in [0.3, 0.4) is 0 Å². The number of imide groups is 1. The zero-order valence-corrected chi connectivity index (χ0v) is 18.3. The Morgan fingerprint density at radius 3 is 2.73 bits per heavy atom. The van der Waals surface area contributed by atoms with Crippen LogP contribution < -0.4 is 10.1 Å². The van der Waals surface area contributed by atoms with E-state index in [1.54, 1.807) is 18.8 Å². The molecule has 3 rings (SSSR count). The van der Waals surface area contributed by atoms with Crippen LogP contribution in [-0.2, 0) is 4.79 Å². The van der Waals surface area contributed by atoms with Gasteiger partial charge in [0.15, 0.2) is 17.4 Å². The number of unbranched alkanes of at least 4 members (excludes halogenated alkanes) is 3. The number of nitrogens with zero attached hydrogens (tertiary/aromatic N) is 3. The van der Waals surface area contributed by atoms with Crippen molar-refractivity contribution < 1.29 is 19.4 Å². The van der Waals surface area contributed by atoms with Gasteiger partial charge in [-0.05, 0) is 18.6 Å². The van der Waals surface area contributed by atoms with Crippen LogP contribution >= 0.6 is 11.8 Å². The molecule has 3 unspecified atom stereocenters. The van der Waals surface area contributed by atoms with Crippen molar-refractivity contribution in [3.63, 3.8) is 0 Å². The number of aliphatic hydroxyl groups is 1. The van der Waals surface area contributed by atoms with Gasteiger partial charge in [-0.1, -0.05) is 56.1 Å². The lowest BCUT2D eigenvalue weighted by Gasteiger charge is -2.36. The van der Waals surface area contributed by atoms with Crippen molar-refractivity contribution in [1.82, 2.24) is 15.1 Å². The van der Waals surface area contributed by atoms with Gasteiger partial charge in [-0.15, -0.1) is 0 Å². The number of aliphatic imine (C=N–C) groups is 1. The molecule has 3 atom stereocenters. The van der Waals surface area contributed by atoms with Gasteiger partial charge in [0.05, 0.1) is 6.54 Å². The summed E-state index contributed by atoms with van der Waals surface area (Å²) in [6, 6.07) is 8.19. The number of carbonyl (C=O) groups is 2. The molecule has 2 aliphatic heterocycles. The predicted molar refractivity (Wildman–Crippen MR) is 118 cm³/mol. The number of β-amino-alcohol motifs (C(OH)–C–C–N with tert-alkyl or cyclic N) is 1. The molecule has 2 aliphatic rings. The molecule has 1 aromatic rings. The van der Waals surface area contributed by atoms with Gasteiger partial charge in [0, 0.05) is 12.8 Å². The predicted octanol–water partition coefficient (Wildman–Crippen LogP) is 2.29. The summed E-state index contributed by atoms with van der Waals surface area (Å²) in [5.41, 5.74) is 0. The maximum Gasteiger partial charge on any atom is 0.325 e. The van der Waals surface area contributed by atoms with E-state index in [-0.39, 0.29) is 19.1 Å². The summed E-state index contributed by atoms with van der Waals surface area (Å²) in [6.07, 6.45) is 3.18. The van der Waals surface area contributed by atoms with Gasteiger partial charge in [0.25, 0.3) is 5.91 Å². The number of carbonyl (C=O) groups excluding carboxylic acids is 2. The molecule has 30 heavy (non-hydrogen) atoms. The average molecular weight is 435 g/mol. The number of likely N-dealkylation sites (N-methyl/N-ethyl adjacent to an activating group) is 1. The van der Waals surface area contributed by atoms with Gasteiger partial charge in [-0.25, -0.2) is 9.79 Å². The molecule has 0 aromatic heterocycles. The lowest BCUT2D eigenvalue weighted by molar-refractivity contribution is -0.127. The average Bonchev–Trinajstić information content (AvgIpc) is 3.10. The normalized spacial score (nSPS) is 21.9. The van der Waals surface area contributed by atoms with E-state index in [1.807, 2.05) is 35.2 Å². The quantitative estimate of drug-likeness (QED) is 0.549. The van der Waals surface area contributed by atoms with Gasteiger partial charge in [-0.2, -0.15) is 0 Å². The number of aliphatic hydroxyl groups excluding tert-OH is 1. The van der Waals surface area contributed by atoms with Crippen LogP contribution in [0.2, 0.25) is 0 Å². The molecule has 2 N–H and O–H groups in total. The molecule has 0 bridgehead atoms. The molecule has 0 aliphatic carbocycles. The second-order valence-electron chi connectivity index (χ2n) is 7.51. The standard InChI is InChI=1S/C21H30N4O4S/c1-3-4-5-9-12-30-21-22-18-17(19(27)23-20(28)24(18)2)25(21)13-15(26)14-29-16-10-7-6-8-11-16/h6-8,10-11,15,17-18,26H,3-5,9,12-14H2,1-2H3,(H,23,27,28). The van der Waals surface area contributed by atoms with Crippen LogP contribution in [0, 0.1) is 0 Å². The molecule has 1 aromatic carbocycles. The molecule has 1 fully saturated rings. The number of para-hydroxylation sites is 1. The zero-order valence-electron chi connectivity index (χ0n) is 17.5. The number of benzene rings is 1. The Labute approximate surface area is 181 Å². The summed E-state index contributed by atoms with van der Waals surface area (Å²) >= 11 is 1.58. The number of amidine groups is 1. The molecule has 0 saturated carbocycles. The Balaban J connectivity index is 1.65. The van der Waals surface area contributed by atoms with Gasteiger partial charge >= 0.3 is 6.03 Å². The zero-order chi connectivity index (χ0) is 21.5. The highest BCUT2D eigenvalue weighted by molar-refractivity contribution is 8.13. The van der Waals surface area contributed by atoms with Crippen molar-refractivity contribution in [3.05, 3.63) is 30.3 Å². The fourth-order valence-corrected chi connectivity index (χ4v) is 4.56. The van der Waals surface area contributed by atoms with Crippen LogP contribution in [0.15, 0.2) is 35.3 Å². The molecule has 9 heteroatoms. The SMILES string of the molecule is CCCCCCSC1=NC2C(C(=O)NC(=O)N2C)N1CC(O)COc1ccccc1. The lowest BCUT2D eigenvalue weighted by atomic mass is 10.1. The van der Waals surface area contributed by atoms with Crippen molar-refractivity contribution in [2.45, 2.75) is 50.9 Å². The third kappa shape index (κ3) is 5.46. The monoisotopic (exact) mass is 434 g/mol. The number of hydrogen-bond donors (Lipinski definition) is 2. The van der Waals surface area contributed by atoms with Crippen molar-refractivity contribution >= 4 is 28.9 Å². The molecule has 0 spiro atoms. The lowest BCUT2D eigenvalue weighted by Crippen LogP contribution is -2.64. The van der Waals surface area contributed by atoms with E-state index in [0.29, 0.717) is 10.9 Å². The Kier molecular flexibility index (Phi) is 7.98. The van der Waals surface area contributed by atoms with Crippen molar-refractivity contribution in [2.75, 3.05) is 26.0 Å². The highest BCUT2D eigenvalue weighted by Crippen LogP contribution is 2.29. The van der Waals surface area contributed by atoms with Crippen LogP contribution in [0.25, 0.3) is 0 Å². The van der Waals surface area contributed by atoms with E-state index >= 15 is 0 Å². The van der Waals surface area contributed by atoms with Crippen molar-refractivity contribution in [3.8, 4) is 5.75 Å². The molecule has 0 radical (unpaired) electrons. The smallest absolute Gasteiger partial charge is 0.325 e. The van der Waals surface area contributed by atoms with E-state index in [4.69, 9.17) is 4.74 Å². The van der Waals surface area contributed by atoms with Crippen molar-refractivity contribution in [1.29, 1.82) is 0 Å². The second kappa shape index (κ2) is 10.7. The highest BCUT2D eigenvalue weighted by Gasteiger charge is 2.48. The Hall–Kier alpha value is -2.26. The maximum absolute atomic E-state index is 12.6. The number of ether oxygens (including phenoxy) is 1. The summed E-state index contributed by atoms with van der Waals surface area (Å²) in [5, 5.41) is 13.7. The van der Waals surface area contributed by atoms with Gasteiger partial charge in [-0.3, -0.25) is 10.1 Å². The first-order valence-corrected chi connectivity index (χ1v) is 11.4. The van der Waals surface area contributed by atoms with Crippen molar-refractivity contribution in [2.24, 2.45) is 4.99 Å². The van der Waals surface area contributed by atoms with E-state index < -0.39 is 24.3 Å². The first kappa shape index (κ1) is 22.4. The maximum atomic E-state index is 12.6. The minimum Gasteiger partial charge on any atom is -0.491 e. The van der Waals surface area contributed by atoms with Crippen LogP contribution in [0.1, 0.15) is 32.6 Å². The number of hydrogen-bond acceptors (Lipinski definition) is 7. The summed E-state index contributed by atoms with van der Waals surface area (Å²) in [6.45, 7) is 2.47. The second-order valence-corrected chi connectivity index (χ2v) is 8.58.